The first-order valence-corrected chi connectivity index (χ1v) is 13.7. The van der Waals surface area contributed by atoms with Crippen molar-refractivity contribution in [3.05, 3.63) is 29.3 Å². The predicted molar refractivity (Wildman–Crippen MR) is 156 cm³/mol. The normalized spacial score (nSPS) is 14.8. The van der Waals surface area contributed by atoms with E-state index in [1.54, 1.807) is 33.9 Å². The molecule has 0 fully saturated rings. The van der Waals surface area contributed by atoms with Crippen molar-refractivity contribution in [3.8, 4) is 28.7 Å². The second-order valence-corrected chi connectivity index (χ2v) is 11.1. The summed E-state index contributed by atoms with van der Waals surface area (Å²) in [6.45, 7) is 5.29. The van der Waals surface area contributed by atoms with Crippen LogP contribution in [0.5, 0.6) is 28.7 Å². The van der Waals surface area contributed by atoms with Gasteiger partial charge in [0.1, 0.15) is 28.7 Å². The second-order valence-electron chi connectivity index (χ2n) is 11.1. The van der Waals surface area contributed by atoms with Crippen LogP contribution in [0.2, 0.25) is 0 Å². The van der Waals surface area contributed by atoms with Crippen molar-refractivity contribution in [2.75, 3.05) is 42.7 Å². The first-order chi connectivity index (χ1) is 20.0. The Morgan fingerprint density at radius 2 is 1.36 bits per heavy atom. The van der Waals surface area contributed by atoms with Gasteiger partial charge in [-0.3, -0.25) is 14.4 Å². The molecule has 3 aromatic rings. The van der Waals surface area contributed by atoms with E-state index < -0.39 is 35.2 Å². The molecule has 10 nitrogen and oxygen atoms in total. The summed E-state index contributed by atoms with van der Waals surface area (Å²) in [4.78, 5) is 39.6. The van der Waals surface area contributed by atoms with Crippen molar-refractivity contribution in [1.82, 2.24) is 0 Å². The fourth-order valence-corrected chi connectivity index (χ4v) is 5.87. The third-order valence-electron chi connectivity index (χ3n) is 7.76. The molecule has 3 aromatic carbocycles. The van der Waals surface area contributed by atoms with Crippen LogP contribution in [0.25, 0.3) is 21.5 Å². The zero-order valence-electron chi connectivity index (χ0n) is 25.6. The Morgan fingerprint density at radius 3 is 1.88 bits per heavy atom. The summed E-state index contributed by atoms with van der Waals surface area (Å²) < 4.78 is 40.2. The van der Waals surface area contributed by atoms with E-state index in [2.05, 4.69) is 0 Å². The molecule has 0 amide bonds. The van der Waals surface area contributed by atoms with Gasteiger partial charge in [-0.25, -0.2) is 0 Å². The zero-order valence-corrected chi connectivity index (χ0v) is 25.6. The lowest BCUT2D eigenvalue weighted by atomic mass is 9.73. The highest BCUT2D eigenvalue weighted by Crippen LogP contribution is 2.58. The Morgan fingerprint density at radius 1 is 0.762 bits per heavy atom. The number of ether oxygens (including phenoxy) is 7. The fourth-order valence-electron chi connectivity index (χ4n) is 5.87. The topological polar surface area (TPSA) is 116 Å². The largest absolute Gasteiger partial charge is 0.496 e. The molecule has 0 unspecified atom stereocenters. The van der Waals surface area contributed by atoms with Crippen LogP contribution in [0, 0.1) is 11.3 Å². The summed E-state index contributed by atoms with van der Waals surface area (Å²) >= 11 is 0. The lowest BCUT2D eigenvalue weighted by Gasteiger charge is -2.34. The van der Waals surface area contributed by atoms with Gasteiger partial charge in [-0.15, -0.1) is 0 Å². The molecule has 0 saturated heterocycles. The van der Waals surface area contributed by atoms with Crippen molar-refractivity contribution in [1.29, 1.82) is 0 Å². The van der Waals surface area contributed by atoms with Gasteiger partial charge in [0.15, 0.2) is 5.92 Å². The monoisotopic (exact) mass is 582 g/mol. The highest BCUT2D eigenvalue weighted by atomic mass is 16.5. The summed E-state index contributed by atoms with van der Waals surface area (Å²) in [5, 5.41) is 2.20. The standard InChI is InChI=1S/C32H38O10/c1-32(2,3)31(35)42-26-17-13-10-12-16(22(29(33)40-8)30(34)41-9)20(17)27(38-6)24-23(26)25(37-5)18-14-11-15-19(36-4)21(18)28(24)39-7/h11,14-16,22H,10,12-13H2,1-9H3/t16-/m1/s1. The molecule has 1 aliphatic rings. The van der Waals surface area contributed by atoms with Crippen molar-refractivity contribution in [2.45, 2.75) is 46.0 Å². The molecule has 0 aromatic heterocycles. The Hall–Kier alpha value is -4.21. The Bertz CT molecular complexity index is 1530. The maximum atomic E-state index is 13.5. The van der Waals surface area contributed by atoms with Gasteiger partial charge in [0, 0.05) is 22.4 Å². The molecule has 4 rings (SSSR count). The number of esters is 3. The van der Waals surface area contributed by atoms with Gasteiger partial charge in [0.05, 0.1) is 64.2 Å². The number of fused-ring (bicyclic) bond motifs is 3. The maximum Gasteiger partial charge on any atom is 0.320 e. The van der Waals surface area contributed by atoms with Gasteiger partial charge < -0.3 is 33.2 Å². The Kier molecular flexibility index (Phi) is 8.75. The number of hydrogen-bond donors (Lipinski definition) is 0. The van der Waals surface area contributed by atoms with Crippen molar-refractivity contribution in [3.63, 3.8) is 0 Å². The third-order valence-corrected chi connectivity index (χ3v) is 7.76. The fraction of sp³-hybridized carbons (Fsp3) is 0.469. The summed E-state index contributed by atoms with van der Waals surface area (Å²) in [6, 6.07) is 5.50. The van der Waals surface area contributed by atoms with E-state index in [9.17, 15) is 14.4 Å². The molecule has 0 saturated carbocycles. The molecule has 1 aliphatic carbocycles. The van der Waals surface area contributed by atoms with E-state index in [4.69, 9.17) is 33.2 Å². The van der Waals surface area contributed by atoms with Crippen LogP contribution in [0.4, 0.5) is 0 Å². The Labute approximate surface area is 245 Å². The number of hydrogen-bond acceptors (Lipinski definition) is 10. The predicted octanol–water partition coefficient (Wildman–Crippen LogP) is 5.36. The molecule has 0 spiro atoms. The first kappa shape index (κ1) is 30.7. The van der Waals surface area contributed by atoms with Crippen molar-refractivity contribution < 1.29 is 47.5 Å². The summed E-state index contributed by atoms with van der Waals surface area (Å²) in [5.74, 6) is -1.96. The number of rotatable bonds is 8. The highest BCUT2D eigenvalue weighted by molar-refractivity contribution is 6.18. The minimum Gasteiger partial charge on any atom is -0.496 e. The molecule has 1 atom stereocenters. The highest BCUT2D eigenvalue weighted by Gasteiger charge is 2.44. The first-order valence-electron chi connectivity index (χ1n) is 13.7. The maximum absolute atomic E-state index is 13.5. The minimum atomic E-state index is -1.28. The SMILES string of the molecule is COC(=O)C(C(=O)OC)[C@@H]1CCCc2c1c(OC)c1c(OC)c3c(OC)cccc3c(OC)c1c2OC(=O)C(C)(C)C. The molecule has 10 heteroatoms. The van der Waals surface area contributed by atoms with Gasteiger partial charge in [0.2, 0.25) is 0 Å². The summed E-state index contributed by atoms with van der Waals surface area (Å²) in [5.41, 5.74) is 0.336. The smallest absolute Gasteiger partial charge is 0.320 e. The summed E-state index contributed by atoms with van der Waals surface area (Å²) in [7, 11) is 8.57. The van der Waals surface area contributed by atoms with E-state index in [1.165, 1.54) is 35.5 Å². The molecular weight excluding hydrogens is 544 g/mol. The summed E-state index contributed by atoms with van der Waals surface area (Å²) in [6.07, 6.45) is 1.53. The van der Waals surface area contributed by atoms with Gasteiger partial charge in [-0.2, -0.15) is 0 Å². The van der Waals surface area contributed by atoms with E-state index in [-0.39, 0.29) is 5.75 Å². The lowest BCUT2D eigenvalue weighted by molar-refractivity contribution is -0.160. The van der Waals surface area contributed by atoms with Gasteiger partial charge in [0.25, 0.3) is 0 Å². The minimum absolute atomic E-state index is 0.263. The van der Waals surface area contributed by atoms with Crippen molar-refractivity contribution >= 4 is 39.5 Å². The number of carbonyl (C=O) groups is 3. The van der Waals surface area contributed by atoms with Crippen LogP contribution in [-0.2, 0) is 30.3 Å². The van der Waals surface area contributed by atoms with E-state index in [1.807, 2.05) is 12.1 Å². The second kappa shape index (κ2) is 12.0. The van der Waals surface area contributed by atoms with E-state index >= 15 is 0 Å². The van der Waals surface area contributed by atoms with Crippen molar-refractivity contribution in [2.24, 2.45) is 11.3 Å². The molecule has 0 radical (unpaired) electrons. The number of methoxy groups -OCH3 is 6. The Balaban J connectivity index is 2.30. The van der Waals surface area contributed by atoms with Crippen LogP contribution >= 0.6 is 0 Å². The molecule has 226 valence electrons. The molecular formula is C32H38O10. The van der Waals surface area contributed by atoms with E-state index in [0.717, 1.165) is 0 Å². The molecule has 42 heavy (non-hydrogen) atoms. The van der Waals surface area contributed by atoms with Crippen LogP contribution in [0.15, 0.2) is 18.2 Å². The van der Waals surface area contributed by atoms with Crippen LogP contribution in [0.3, 0.4) is 0 Å². The number of carbonyl (C=O) groups excluding carboxylic acids is 3. The van der Waals surface area contributed by atoms with Crippen LogP contribution in [-0.4, -0.2) is 60.6 Å². The van der Waals surface area contributed by atoms with Gasteiger partial charge >= 0.3 is 17.9 Å². The van der Waals surface area contributed by atoms with E-state index in [0.29, 0.717) is 74.9 Å². The zero-order chi connectivity index (χ0) is 30.9. The average molecular weight is 583 g/mol. The quantitative estimate of drug-likeness (QED) is 0.149. The average Bonchev–Trinajstić information content (AvgIpc) is 2.98. The molecule has 0 bridgehead atoms. The number of benzene rings is 3. The lowest BCUT2D eigenvalue weighted by Crippen LogP contribution is -2.34. The molecule has 0 aliphatic heterocycles. The third kappa shape index (κ3) is 4.92. The van der Waals surface area contributed by atoms with Gasteiger partial charge in [-0.1, -0.05) is 12.1 Å². The van der Waals surface area contributed by atoms with Gasteiger partial charge in [-0.05, 0) is 46.1 Å². The van der Waals surface area contributed by atoms with Crippen LogP contribution < -0.4 is 23.7 Å². The molecule has 0 N–H and O–H groups in total. The molecule has 0 heterocycles. The van der Waals surface area contributed by atoms with Crippen LogP contribution in [0.1, 0.15) is 50.7 Å².